The maximum absolute atomic E-state index is 13.5. The van der Waals surface area contributed by atoms with Crippen LogP contribution in [0.4, 0.5) is 23.7 Å². The van der Waals surface area contributed by atoms with Gasteiger partial charge in [0.05, 0.1) is 22.9 Å². The molecule has 0 spiro atoms. The van der Waals surface area contributed by atoms with E-state index in [0.717, 1.165) is 16.5 Å². The molecule has 0 saturated carbocycles. The largest absolute Gasteiger partial charge is 0.486 e. The summed E-state index contributed by atoms with van der Waals surface area (Å²) < 4.78 is 46.5. The van der Waals surface area contributed by atoms with Crippen LogP contribution in [-0.2, 0) is 11.0 Å². The molecule has 9 heteroatoms. The highest BCUT2D eigenvalue weighted by molar-refractivity contribution is 6.23. The Kier molecular flexibility index (Phi) is 6.15. The molecule has 1 saturated heterocycles. The van der Waals surface area contributed by atoms with Crippen molar-refractivity contribution < 1.29 is 27.5 Å². The van der Waals surface area contributed by atoms with E-state index in [-0.39, 0.29) is 18.3 Å². The van der Waals surface area contributed by atoms with Gasteiger partial charge in [-0.25, -0.2) is 9.69 Å². The summed E-state index contributed by atoms with van der Waals surface area (Å²) in [6.07, 6.45) is 0.956. The van der Waals surface area contributed by atoms with Crippen LogP contribution in [0.1, 0.15) is 31.4 Å². The quantitative estimate of drug-likeness (QED) is 0.532. The molecular formula is C26H22F3N3O3. The minimum atomic E-state index is -4.82. The highest BCUT2D eigenvalue weighted by Gasteiger charge is 2.52. The molecule has 2 aliphatic rings. The summed E-state index contributed by atoms with van der Waals surface area (Å²) in [5, 5.41) is 9.05. The molecule has 2 aromatic rings. The van der Waals surface area contributed by atoms with Gasteiger partial charge in [-0.15, -0.1) is 0 Å². The lowest BCUT2D eigenvalue weighted by atomic mass is 9.97. The Balaban J connectivity index is 1.64. The molecular weight excluding hydrogens is 459 g/mol. The highest BCUT2D eigenvalue weighted by Crippen LogP contribution is 2.38. The fourth-order valence-corrected chi connectivity index (χ4v) is 4.11. The number of imide groups is 1. The Bertz CT molecular complexity index is 1260. The van der Waals surface area contributed by atoms with E-state index in [1.807, 2.05) is 48.6 Å². The van der Waals surface area contributed by atoms with Crippen molar-refractivity contribution in [3.8, 4) is 11.8 Å². The van der Waals surface area contributed by atoms with Gasteiger partial charge >= 0.3 is 12.2 Å². The van der Waals surface area contributed by atoms with Crippen molar-refractivity contribution in [1.82, 2.24) is 4.90 Å². The molecule has 1 heterocycles. The van der Waals surface area contributed by atoms with Gasteiger partial charge in [-0.2, -0.15) is 18.4 Å². The SMILES string of the molecule is CC1(C)C(=O)N(c2ccc(C#N)c(C(F)(F)F)c2)C(=O)N1CC1=CC=CCC1Oc1ccccc1. The number of hydrogen-bond donors (Lipinski definition) is 0. The Morgan fingerprint density at radius 2 is 1.86 bits per heavy atom. The summed E-state index contributed by atoms with van der Waals surface area (Å²) in [6.45, 7) is 3.15. The second kappa shape index (κ2) is 8.95. The first kappa shape index (κ1) is 24.1. The van der Waals surface area contributed by atoms with E-state index in [9.17, 15) is 22.8 Å². The monoisotopic (exact) mass is 481 g/mol. The lowest BCUT2D eigenvalue weighted by Crippen LogP contribution is -2.46. The van der Waals surface area contributed by atoms with Crippen molar-refractivity contribution in [2.24, 2.45) is 0 Å². The van der Waals surface area contributed by atoms with Gasteiger partial charge in [0.15, 0.2) is 0 Å². The van der Waals surface area contributed by atoms with Gasteiger partial charge in [0.2, 0.25) is 0 Å². The maximum Gasteiger partial charge on any atom is 0.417 e. The Morgan fingerprint density at radius 3 is 2.51 bits per heavy atom. The number of carbonyl (C=O) groups is 2. The number of amides is 3. The fraction of sp³-hybridized carbons (Fsp3) is 0.269. The van der Waals surface area contributed by atoms with Gasteiger partial charge in [-0.1, -0.05) is 36.4 Å². The first-order valence-corrected chi connectivity index (χ1v) is 10.9. The molecule has 35 heavy (non-hydrogen) atoms. The van der Waals surface area contributed by atoms with Crippen LogP contribution in [-0.4, -0.2) is 35.0 Å². The van der Waals surface area contributed by atoms with Crippen molar-refractivity contribution in [1.29, 1.82) is 5.26 Å². The number of hydrogen-bond acceptors (Lipinski definition) is 4. The van der Waals surface area contributed by atoms with Gasteiger partial charge in [0, 0.05) is 13.0 Å². The molecule has 1 aliphatic carbocycles. The zero-order valence-electron chi connectivity index (χ0n) is 19.0. The normalized spacial score (nSPS) is 19.5. The molecule has 0 N–H and O–H groups in total. The summed E-state index contributed by atoms with van der Waals surface area (Å²) in [5.41, 5.74) is -2.59. The maximum atomic E-state index is 13.5. The van der Waals surface area contributed by atoms with Crippen molar-refractivity contribution in [3.05, 3.63) is 83.5 Å². The minimum absolute atomic E-state index is 0.0539. The molecule has 180 valence electrons. The number of halogens is 3. The number of ether oxygens (including phenoxy) is 1. The topological polar surface area (TPSA) is 73.6 Å². The van der Waals surface area contributed by atoms with Crippen molar-refractivity contribution >= 4 is 17.6 Å². The molecule has 2 aromatic carbocycles. The molecule has 6 nitrogen and oxygen atoms in total. The molecule has 1 aliphatic heterocycles. The molecule has 3 amide bonds. The third kappa shape index (κ3) is 4.52. The average molecular weight is 481 g/mol. The molecule has 0 radical (unpaired) electrons. The lowest BCUT2D eigenvalue weighted by molar-refractivity contribution is -0.137. The summed E-state index contributed by atoms with van der Waals surface area (Å²) in [6, 6.07) is 12.7. The molecule has 4 rings (SSSR count). The molecule has 1 unspecified atom stereocenters. The zero-order chi connectivity index (χ0) is 25.4. The van der Waals surface area contributed by atoms with Gasteiger partial charge in [0.1, 0.15) is 17.4 Å². The molecule has 0 aromatic heterocycles. The van der Waals surface area contributed by atoms with Crippen LogP contribution in [0.25, 0.3) is 0 Å². The van der Waals surface area contributed by atoms with Gasteiger partial charge in [-0.05, 0) is 49.8 Å². The highest BCUT2D eigenvalue weighted by atomic mass is 19.4. The first-order chi connectivity index (χ1) is 16.5. The average Bonchev–Trinajstić information content (AvgIpc) is 2.99. The third-order valence-corrected chi connectivity index (χ3v) is 6.08. The van der Waals surface area contributed by atoms with E-state index in [1.165, 1.54) is 17.0 Å². The number of carbonyl (C=O) groups excluding carboxylic acids is 2. The second-order valence-corrected chi connectivity index (χ2v) is 8.73. The summed E-state index contributed by atoms with van der Waals surface area (Å²) in [7, 11) is 0. The van der Waals surface area contributed by atoms with Crippen molar-refractivity contribution in [3.63, 3.8) is 0 Å². The van der Waals surface area contributed by atoms with Crippen LogP contribution >= 0.6 is 0 Å². The number of rotatable bonds is 5. The van der Waals surface area contributed by atoms with Crippen molar-refractivity contribution in [2.75, 3.05) is 11.4 Å². The lowest BCUT2D eigenvalue weighted by Gasteiger charge is -2.32. The Labute approximate surface area is 200 Å². The smallest absolute Gasteiger partial charge is 0.417 e. The predicted octanol–water partition coefficient (Wildman–Crippen LogP) is 5.46. The molecule has 0 bridgehead atoms. The number of para-hydroxylation sites is 1. The summed E-state index contributed by atoms with van der Waals surface area (Å²) in [4.78, 5) is 28.7. The number of nitrogens with zero attached hydrogens (tertiary/aromatic N) is 3. The fourth-order valence-electron chi connectivity index (χ4n) is 4.11. The van der Waals surface area contributed by atoms with Crippen LogP contribution < -0.4 is 9.64 Å². The standard InChI is InChI=1S/C26H22F3N3O3/c1-25(2)23(33)32(19-13-12-17(15-30)21(14-19)26(27,28)29)24(34)31(25)16-18-8-6-7-11-22(18)35-20-9-4-3-5-10-20/h3-10,12-14,22H,11,16H2,1-2H3. The zero-order valence-corrected chi connectivity index (χ0v) is 19.0. The van der Waals surface area contributed by atoms with Crippen LogP contribution in [0.15, 0.2) is 72.3 Å². The van der Waals surface area contributed by atoms with Crippen LogP contribution in [0.3, 0.4) is 0 Å². The van der Waals surface area contributed by atoms with E-state index in [1.54, 1.807) is 13.8 Å². The van der Waals surface area contributed by atoms with E-state index in [0.29, 0.717) is 18.2 Å². The van der Waals surface area contributed by atoms with Crippen molar-refractivity contribution in [2.45, 2.75) is 38.1 Å². The van der Waals surface area contributed by atoms with Crippen LogP contribution in [0, 0.1) is 11.3 Å². The summed E-state index contributed by atoms with van der Waals surface area (Å²) >= 11 is 0. The van der Waals surface area contributed by atoms with Crippen LogP contribution in [0.2, 0.25) is 0 Å². The Hall–Kier alpha value is -4.06. The number of alkyl halides is 3. The van der Waals surface area contributed by atoms with E-state index in [4.69, 9.17) is 10.00 Å². The van der Waals surface area contributed by atoms with E-state index >= 15 is 0 Å². The van der Waals surface area contributed by atoms with E-state index in [2.05, 4.69) is 0 Å². The molecule has 1 atom stereocenters. The predicted molar refractivity (Wildman–Crippen MR) is 123 cm³/mol. The van der Waals surface area contributed by atoms with E-state index < -0.39 is 34.8 Å². The number of urea groups is 1. The van der Waals surface area contributed by atoms with Gasteiger partial charge < -0.3 is 9.64 Å². The van der Waals surface area contributed by atoms with Gasteiger partial charge in [-0.3, -0.25) is 4.79 Å². The number of benzene rings is 2. The number of anilines is 1. The number of allylic oxidation sites excluding steroid dienone is 2. The Morgan fingerprint density at radius 1 is 1.14 bits per heavy atom. The molecule has 1 fully saturated rings. The minimum Gasteiger partial charge on any atom is -0.486 e. The second-order valence-electron chi connectivity index (χ2n) is 8.73. The third-order valence-electron chi connectivity index (χ3n) is 6.08. The van der Waals surface area contributed by atoms with Crippen LogP contribution in [0.5, 0.6) is 5.75 Å². The number of nitriles is 1. The van der Waals surface area contributed by atoms with Gasteiger partial charge in [0.25, 0.3) is 5.91 Å². The first-order valence-electron chi connectivity index (χ1n) is 10.9. The summed E-state index contributed by atoms with van der Waals surface area (Å²) in [5.74, 6) is -0.00603.